The van der Waals surface area contributed by atoms with Gasteiger partial charge in [0.1, 0.15) is 0 Å². The number of rotatable bonds is 3. The van der Waals surface area contributed by atoms with Gasteiger partial charge in [0.05, 0.1) is 30.2 Å². The molecule has 2 N–H and O–H groups in total. The second-order valence-corrected chi connectivity index (χ2v) is 7.13. The molecule has 0 aliphatic carbocycles. The van der Waals surface area contributed by atoms with Gasteiger partial charge in [-0.25, -0.2) is 0 Å². The largest absolute Gasteiger partial charge is 0.416 e. The number of ether oxygens (including phenoxy) is 1. The normalized spacial score (nSPS) is 14.7. The summed E-state index contributed by atoms with van der Waals surface area (Å²) in [5, 5.41) is 6.28. The Morgan fingerprint density at radius 2 is 1.68 bits per heavy atom. The molecule has 0 saturated carbocycles. The van der Waals surface area contributed by atoms with Crippen LogP contribution in [0.2, 0.25) is 0 Å². The summed E-state index contributed by atoms with van der Waals surface area (Å²) in [7, 11) is 0. The number of nitrogens with zero attached hydrogens (tertiary/aromatic N) is 1. The van der Waals surface area contributed by atoms with Crippen LogP contribution in [0.3, 0.4) is 0 Å². The summed E-state index contributed by atoms with van der Waals surface area (Å²) in [5.74, 6) is 0. The summed E-state index contributed by atoms with van der Waals surface area (Å²) < 4.78 is 45.0. The van der Waals surface area contributed by atoms with Crippen LogP contribution in [0.15, 0.2) is 36.4 Å². The van der Waals surface area contributed by atoms with Gasteiger partial charge in [0.2, 0.25) is 0 Å². The molecule has 2 aromatic rings. The zero-order valence-electron chi connectivity index (χ0n) is 15.7. The van der Waals surface area contributed by atoms with Crippen LogP contribution in [0, 0.1) is 13.8 Å². The van der Waals surface area contributed by atoms with Crippen LogP contribution in [0.25, 0.3) is 0 Å². The number of alkyl halides is 3. The second kappa shape index (κ2) is 8.36. The summed E-state index contributed by atoms with van der Waals surface area (Å²) in [5.41, 5.74) is 3.14. The first-order valence-corrected chi connectivity index (χ1v) is 9.34. The van der Waals surface area contributed by atoms with Gasteiger partial charge in [0.25, 0.3) is 0 Å². The number of morpholine rings is 1. The molecule has 0 unspecified atom stereocenters. The van der Waals surface area contributed by atoms with Crippen LogP contribution in [-0.4, -0.2) is 31.4 Å². The van der Waals surface area contributed by atoms with Crippen LogP contribution >= 0.6 is 12.2 Å². The van der Waals surface area contributed by atoms with Crippen LogP contribution in [0.4, 0.5) is 30.2 Å². The van der Waals surface area contributed by atoms with E-state index in [0.29, 0.717) is 37.7 Å². The third kappa shape index (κ3) is 4.94. The molecule has 1 heterocycles. The molecule has 0 bridgehead atoms. The topological polar surface area (TPSA) is 36.5 Å². The SMILES string of the molecule is Cc1ccc(C)c(NC(=S)Nc2cc(C(F)(F)F)ccc2N2CCOCC2)c1. The van der Waals surface area contributed by atoms with Gasteiger partial charge >= 0.3 is 6.18 Å². The number of benzene rings is 2. The highest BCUT2D eigenvalue weighted by Crippen LogP contribution is 2.36. The standard InChI is InChI=1S/C20H22F3N3OS/c1-13-3-4-14(2)16(11-13)24-19(28)25-17-12-15(20(21,22)23)5-6-18(17)26-7-9-27-10-8-26/h3-6,11-12H,7-10H2,1-2H3,(H2,24,25,28). The minimum atomic E-state index is -4.43. The van der Waals surface area contributed by atoms with Gasteiger partial charge in [0, 0.05) is 18.8 Å². The lowest BCUT2D eigenvalue weighted by Crippen LogP contribution is -2.37. The fourth-order valence-corrected chi connectivity index (χ4v) is 3.26. The van der Waals surface area contributed by atoms with Crippen molar-refractivity contribution in [3.05, 3.63) is 53.1 Å². The number of aryl methyl sites for hydroxylation is 2. The van der Waals surface area contributed by atoms with Gasteiger partial charge in [-0.3, -0.25) is 0 Å². The van der Waals surface area contributed by atoms with E-state index < -0.39 is 11.7 Å². The van der Waals surface area contributed by atoms with Crippen molar-refractivity contribution in [2.45, 2.75) is 20.0 Å². The number of hydrogen-bond donors (Lipinski definition) is 2. The Morgan fingerprint density at radius 1 is 1.00 bits per heavy atom. The molecule has 4 nitrogen and oxygen atoms in total. The van der Waals surface area contributed by atoms with Crippen LogP contribution in [0.1, 0.15) is 16.7 Å². The van der Waals surface area contributed by atoms with Gasteiger partial charge in [-0.15, -0.1) is 0 Å². The summed E-state index contributed by atoms with van der Waals surface area (Å²) in [4.78, 5) is 1.99. The molecular formula is C20H22F3N3OS. The first kappa shape index (κ1) is 20.4. The Morgan fingerprint density at radius 3 is 2.36 bits per heavy atom. The molecule has 2 aromatic carbocycles. The smallest absolute Gasteiger partial charge is 0.378 e. The molecular weight excluding hydrogens is 387 g/mol. The summed E-state index contributed by atoms with van der Waals surface area (Å²) in [6, 6.07) is 9.57. The average Bonchev–Trinajstić information content (AvgIpc) is 2.64. The Balaban J connectivity index is 1.87. The van der Waals surface area contributed by atoms with E-state index >= 15 is 0 Å². The summed E-state index contributed by atoms with van der Waals surface area (Å²) >= 11 is 5.37. The molecule has 1 fully saturated rings. The third-order valence-electron chi connectivity index (χ3n) is 4.57. The highest BCUT2D eigenvalue weighted by molar-refractivity contribution is 7.80. The molecule has 1 aliphatic rings. The Kier molecular flexibility index (Phi) is 6.10. The number of hydrogen-bond acceptors (Lipinski definition) is 3. The molecule has 3 rings (SSSR count). The highest BCUT2D eigenvalue weighted by atomic mass is 32.1. The van der Waals surface area contributed by atoms with Crippen molar-refractivity contribution in [3.63, 3.8) is 0 Å². The quantitative estimate of drug-likeness (QED) is 0.701. The minimum absolute atomic E-state index is 0.238. The zero-order chi connectivity index (χ0) is 20.3. The maximum absolute atomic E-state index is 13.2. The van der Waals surface area contributed by atoms with Crippen molar-refractivity contribution in [1.82, 2.24) is 0 Å². The lowest BCUT2D eigenvalue weighted by molar-refractivity contribution is -0.137. The van der Waals surface area contributed by atoms with Crippen molar-refractivity contribution in [3.8, 4) is 0 Å². The molecule has 0 spiro atoms. The van der Waals surface area contributed by atoms with E-state index in [1.807, 2.05) is 36.9 Å². The van der Waals surface area contributed by atoms with Crippen molar-refractivity contribution < 1.29 is 17.9 Å². The zero-order valence-corrected chi connectivity index (χ0v) is 16.5. The average molecular weight is 409 g/mol. The number of thiocarbonyl (C=S) groups is 1. The van der Waals surface area contributed by atoms with Gasteiger partial charge in [-0.1, -0.05) is 12.1 Å². The van der Waals surface area contributed by atoms with E-state index in [2.05, 4.69) is 10.6 Å². The summed E-state index contributed by atoms with van der Waals surface area (Å²) in [6.45, 7) is 6.18. The van der Waals surface area contributed by atoms with E-state index in [4.69, 9.17) is 17.0 Å². The van der Waals surface area contributed by atoms with E-state index in [9.17, 15) is 13.2 Å². The minimum Gasteiger partial charge on any atom is -0.378 e. The van der Waals surface area contributed by atoms with Crippen LogP contribution in [0.5, 0.6) is 0 Å². The first-order valence-electron chi connectivity index (χ1n) is 8.93. The van der Waals surface area contributed by atoms with Crippen molar-refractivity contribution in [2.24, 2.45) is 0 Å². The number of nitrogens with one attached hydrogen (secondary N) is 2. The van der Waals surface area contributed by atoms with Crippen molar-refractivity contribution >= 4 is 34.4 Å². The maximum atomic E-state index is 13.2. The molecule has 0 radical (unpaired) electrons. The first-order chi connectivity index (χ1) is 13.2. The second-order valence-electron chi connectivity index (χ2n) is 6.73. The number of halogens is 3. The van der Waals surface area contributed by atoms with E-state index in [0.717, 1.165) is 28.9 Å². The molecule has 1 aliphatic heterocycles. The molecule has 8 heteroatoms. The highest BCUT2D eigenvalue weighted by Gasteiger charge is 2.31. The van der Waals surface area contributed by atoms with E-state index in [1.165, 1.54) is 6.07 Å². The van der Waals surface area contributed by atoms with Gasteiger partial charge in [-0.2, -0.15) is 13.2 Å². The Labute approximate surface area is 167 Å². The maximum Gasteiger partial charge on any atom is 0.416 e. The molecule has 28 heavy (non-hydrogen) atoms. The Hall–Kier alpha value is -2.32. The lowest BCUT2D eigenvalue weighted by atomic mass is 10.1. The molecule has 1 saturated heterocycles. The predicted molar refractivity (Wildman–Crippen MR) is 110 cm³/mol. The van der Waals surface area contributed by atoms with Crippen LogP contribution in [-0.2, 0) is 10.9 Å². The lowest BCUT2D eigenvalue weighted by Gasteiger charge is -2.31. The van der Waals surface area contributed by atoms with Crippen molar-refractivity contribution in [2.75, 3.05) is 41.8 Å². The van der Waals surface area contributed by atoms with Gasteiger partial charge < -0.3 is 20.3 Å². The Bertz CT molecular complexity index is 864. The molecule has 0 atom stereocenters. The van der Waals surface area contributed by atoms with E-state index in [1.54, 1.807) is 0 Å². The van der Waals surface area contributed by atoms with Crippen LogP contribution < -0.4 is 15.5 Å². The predicted octanol–water partition coefficient (Wildman–Crippen LogP) is 4.97. The molecule has 0 amide bonds. The fourth-order valence-electron chi connectivity index (χ4n) is 3.04. The monoisotopic (exact) mass is 409 g/mol. The molecule has 150 valence electrons. The third-order valence-corrected chi connectivity index (χ3v) is 4.77. The van der Waals surface area contributed by atoms with Gasteiger partial charge in [0.15, 0.2) is 5.11 Å². The number of anilines is 3. The van der Waals surface area contributed by atoms with Gasteiger partial charge in [-0.05, 0) is 61.5 Å². The fraction of sp³-hybridized carbons (Fsp3) is 0.350. The molecule has 0 aromatic heterocycles. The van der Waals surface area contributed by atoms with E-state index in [-0.39, 0.29) is 5.11 Å². The summed E-state index contributed by atoms with van der Waals surface area (Å²) in [6.07, 6.45) is -4.43. The van der Waals surface area contributed by atoms with Crippen molar-refractivity contribution in [1.29, 1.82) is 0 Å².